The molecule has 0 aromatic carbocycles. The van der Waals surface area contributed by atoms with Crippen LogP contribution in [0.3, 0.4) is 0 Å². The Kier molecular flexibility index (Phi) is 49.0. The minimum atomic E-state index is -0.784. The van der Waals surface area contributed by atoms with Crippen molar-refractivity contribution in [2.45, 2.75) is 315 Å². The summed E-state index contributed by atoms with van der Waals surface area (Å²) in [7, 11) is 0. The van der Waals surface area contributed by atoms with Crippen molar-refractivity contribution >= 4 is 11.9 Å². The predicted molar refractivity (Wildman–Crippen MR) is 269 cm³/mol. The van der Waals surface area contributed by atoms with E-state index in [1.807, 2.05) is 0 Å². The van der Waals surface area contributed by atoms with Gasteiger partial charge in [0.25, 0.3) is 0 Å². The summed E-state index contributed by atoms with van der Waals surface area (Å²) in [5.74, 6) is -0.466. The summed E-state index contributed by atoms with van der Waals surface area (Å²) in [6.07, 6.45) is 58.1. The molecule has 0 saturated carbocycles. The van der Waals surface area contributed by atoms with Gasteiger partial charge in [-0.1, -0.05) is 251 Å². The van der Waals surface area contributed by atoms with Crippen molar-refractivity contribution < 1.29 is 24.5 Å². The maximum atomic E-state index is 13.2. The van der Waals surface area contributed by atoms with Crippen molar-refractivity contribution in [3.05, 3.63) is 24.3 Å². The summed E-state index contributed by atoms with van der Waals surface area (Å²) >= 11 is 0. The van der Waals surface area contributed by atoms with Crippen LogP contribution in [0, 0.1) is 0 Å². The second-order valence-corrected chi connectivity index (χ2v) is 19.0. The first-order valence-corrected chi connectivity index (χ1v) is 27.6. The zero-order valence-electron chi connectivity index (χ0n) is 41.8. The van der Waals surface area contributed by atoms with Gasteiger partial charge in [0, 0.05) is 6.42 Å². The van der Waals surface area contributed by atoms with Crippen LogP contribution in [0.5, 0.6) is 0 Å². The number of nitrogens with one attached hydrogen (secondary N) is 1. The summed E-state index contributed by atoms with van der Waals surface area (Å²) in [5, 5.41) is 23.8. The fraction of sp³-hybridized carbons (Fsp3) is 0.893. The molecule has 0 saturated heterocycles. The number of amides is 1. The Labute approximate surface area is 386 Å². The standard InChI is InChI=1S/C56H107NO5/c1-4-7-10-13-16-19-22-24-26-28-30-32-34-37-40-43-46-49-56(61)62-52(47-44-41-38-35-33-31-29-27-25-23-20-17-14-11-8-5-2)50-55(60)57-53(51-58)54(59)48-45-42-39-36-21-18-15-12-9-6-3/h16,19,24,26,52-54,58-59H,4-15,17-18,20-23,25,27-51H2,1-3H3,(H,57,60)/b19-16-,26-24-. The molecular weight excluding hydrogens is 767 g/mol. The third kappa shape index (κ3) is 44.9. The summed E-state index contributed by atoms with van der Waals surface area (Å²) in [6, 6.07) is -0.697. The number of aliphatic hydroxyl groups excluding tert-OH is 2. The molecule has 0 aliphatic carbocycles. The minimum Gasteiger partial charge on any atom is -0.462 e. The van der Waals surface area contributed by atoms with Crippen LogP contribution in [0.4, 0.5) is 0 Å². The molecule has 0 radical (unpaired) electrons. The fourth-order valence-electron chi connectivity index (χ4n) is 8.58. The second kappa shape index (κ2) is 50.3. The van der Waals surface area contributed by atoms with E-state index < -0.39 is 18.2 Å². The van der Waals surface area contributed by atoms with Crippen LogP contribution < -0.4 is 5.32 Å². The Morgan fingerprint density at radius 1 is 0.468 bits per heavy atom. The molecule has 3 unspecified atom stereocenters. The van der Waals surface area contributed by atoms with E-state index in [4.69, 9.17) is 4.74 Å². The average molecular weight is 874 g/mol. The van der Waals surface area contributed by atoms with Crippen LogP contribution in [0.15, 0.2) is 24.3 Å². The molecular formula is C56H107NO5. The molecule has 0 aliphatic heterocycles. The van der Waals surface area contributed by atoms with Crippen molar-refractivity contribution in [1.82, 2.24) is 5.32 Å². The highest BCUT2D eigenvalue weighted by Crippen LogP contribution is 2.19. The van der Waals surface area contributed by atoms with Crippen molar-refractivity contribution in [3.8, 4) is 0 Å². The molecule has 1 amide bonds. The number of carbonyl (C=O) groups excluding carboxylic acids is 2. The smallest absolute Gasteiger partial charge is 0.306 e. The molecule has 0 aliphatic rings. The molecule has 3 atom stereocenters. The number of hydrogen-bond donors (Lipinski definition) is 3. The van der Waals surface area contributed by atoms with Crippen LogP contribution in [0.25, 0.3) is 0 Å². The van der Waals surface area contributed by atoms with Crippen molar-refractivity contribution in [2.75, 3.05) is 6.61 Å². The summed E-state index contributed by atoms with van der Waals surface area (Å²) in [4.78, 5) is 26.2. The van der Waals surface area contributed by atoms with Gasteiger partial charge in [-0.2, -0.15) is 0 Å². The second-order valence-electron chi connectivity index (χ2n) is 19.0. The monoisotopic (exact) mass is 874 g/mol. The van der Waals surface area contributed by atoms with Gasteiger partial charge in [-0.25, -0.2) is 0 Å². The summed E-state index contributed by atoms with van der Waals surface area (Å²) < 4.78 is 5.95. The number of unbranched alkanes of at least 4 members (excludes halogenated alkanes) is 34. The molecule has 6 nitrogen and oxygen atoms in total. The largest absolute Gasteiger partial charge is 0.462 e. The minimum absolute atomic E-state index is 0.0803. The van der Waals surface area contributed by atoms with Gasteiger partial charge in [-0.05, 0) is 57.8 Å². The van der Waals surface area contributed by atoms with Crippen molar-refractivity contribution in [3.63, 3.8) is 0 Å². The highest BCUT2D eigenvalue weighted by Gasteiger charge is 2.24. The number of allylic oxidation sites excluding steroid dienone is 4. The van der Waals surface area contributed by atoms with Gasteiger partial charge in [-0.15, -0.1) is 0 Å². The Morgan fingerprint density at radius 2 is 0.823 bits per heavy atom. The number of carbonyl (C=O) groups is 2. The van der Waals surface area contributed by atoms with E-state index in [0.29, 0.717) is 19.3 Å². The summed E-state index contributed by atoms with van der Waals surface area (Å²) in [5.41, 5.74) is 0. The van der Waals surface area contributed by atoms with Crippen LogP contribution >= 0.6 is 0 Å². The van der Waals surface area contributed by atoms with Gasteiger partial charge in [0.1, 0.15) is 6.10 Å². The lowest BCUT2D eigenvalue weighted by Gasteiger charge is -2.24. The van der Waals surface area contributed by atoms with Gasteiger partial charge in [0.05, 0.1) is 25.2 Å². The first-order chi connectivity index (χ1) is 30.5. The first kappa shape index (κ1) is 60.3. The van der Waals surface area contributed by atoms with Crippen LogP contribution in [0.2, 0.25) is 0 Å². The van der Waals surface area contributed by atoms with E-state index >= 15 is 0 Å². The zero-order valence-corrected chi connectivity index (χ0v) is 41.8. The van der Waals surface area contributed by atoms with Crippen LogP contribution in [-0.4, -0.2) is 46.9 Å². The molecule has 0 fully saturated rings. The number of esters is 1. The van der Waals surface area contributed by atoms with Crippen LogP contribution in [0.1, 0.15) is 297 Å². The lowest BCUT2D eigenvalue weighted by molar-refractivity contribution is -0.151. The number of ether oxygens (including phenoxy) is 1. The number of hydrogen-bond acceptors (Lipinski definition) is 5. The first-order valence-electron chi connectivity index (χ1n) is 27.6. The van der Waals surface area contributed by atoms with Gasteiger partial charge in [0.2, 0.25) is 5.91 Å². The third-order valence-electron chi connectivity index (χ3n) is 12.8. The van der Waals surface area contributed by atoms with E-state index in [2.05, 4.69) is 50.4 Å². The molecule has 3 N–H and O–H groups in total. The molecule has 6 heteroatoms. The van der Waals surface area contributed by atoms with E-state index in [1.165, 1.54) is 193 Å². The molecule has 0 spiro atoms. The molecule has 366 valence electrons. The quantitative estimate of drug-likeness (QED) is 0.0321. The van der Waals surface area contributed by atoms with Crippen molar-refractivity contribution in [1.29, 1.82) is 0 Å². The van der Waals surface area contributed by atoms with E-state index in [1.54, 1.807) is 0 Å². The van der Waals surface area contributed by atoms with E-state index in [9.17, 15) is 19.8 Å². The van der Waals surface area contributed by atoms with Crippen LogP contribution in [-0.2, 0) is 14.3 Å². The summed E-state index contributed by atoms with van der Waals surface area (Å²) in [6.45, 7) is 6.48. The Hall–Kier alpha value is -1.66. The zero-order chi connectivity index (χ0) is 45.2. The Morgan fingerprint density at radius 3 is 1.26 bits per heavy atom. The Balaban J connectivity index is 4.53. The molecule has 0 rings (SSSR count). The van der Waals surface area contributed by atoms with Crippen molar-refractivity contribution in [2.24, 2.45) is 0 Å². The van der Waals surface area contributed by atoms with Gasteiger partial charge < -0.3 is 20.3 Å². The average Bonchev–Trinajstić information content (AvgIpc) is 3.26. The SMILES string of the molecule is CCCCC/C=C\C/C=C\CCCCCCCCCC(=O)OC(CCCCCCCCCCCCCCCCCC)CC(=O)NC(CO)C(O)CCCCCCCCCCCC. The lowest BCUT2D eigenvalue weighted by atomic mass is 10.0. The molecule has 0 heterocycles. The van der Waals surface area contributed by atoms with E-state index in [-0.39, 0.29) is 24.9 Å². The Bertz CT molecular complexity index is 981. The predicted octanol–water partition coefficient (Wildman–Crippen LogP) is 16.7. The molecule has 0 bridgehead atoms. The topological polar surface area (TPSA) is 95.9 Å². The highest BCUT2D eigenvalue weighted by molar-refractivity contribution is 5.77. The molecule has 0 aromatic heterocycles. The number of rotatable bonds is 50. The normalized spacial score (nSPS) is 13.3. The van der Waals surface area contributed by atoms with E-state index in [0.717, 1.165) is 57.8 Å². The highest BCUT2D eigenvalue weighted by atomic mass is 16.5. The fourth-order valence-corrected chi connectivity index (χ4v) is 8.58. The van der Waals surface area contributed by atoms with Gasteiger partial charge in [-0.3, -0.25) is 9.59 Å². The lowest BCUT2D eigenvalue weighted by Crippen LogP contribution is -2.46. The maximum Gasteiger partial charge on any atom is 0.306 e. The van der Waals surface area contributed by atoms with Gasteiger partial charge in [0.15, 0.2) is 0 Å². The molecule has 62 heavy (non-hydrogen) atoms. The third-order valence-corrected chi connectivity index (χ3v) is 12.8. The number of aliphatic hydroxyl groups is 2. The maximum absolute atomic E-state index is 13.2. The molecule has 0 aromatic rings. The van der Waals surface area contributed by atoms with Gasteiger partial charge >= 0.3 is 5.97 Å².